The summed E-state index contributed by atoms with van der Waals surface area (Å²) in [5.74, 6) is -0.407. The Balaban J connectivity index is 1.80. The molecular weight excluding hydrogens is 405 g/mol. The summed E-state index contributed by atoms with van der Waals surface area (Å²) in [5.41, 5.74) is 0.246. The van der Waals surface area contributed by atoms with Gasteiger partial charge in [0.05, 0.1) is 18.0 Å². The molecular formula is C21H20ClF3N2O2. The molecule has 0 aliphatic carbocycles. The number of hydrogen-bond donors (Lipinski definition) is 1. The molecule has 29 heavy (non-hydrogen) atoms. The summed E-state index contributed by atoms with van der Waals surface area (Å²) in [4.78, 5) is 26.1. The first-order valence-corrected chi connectivity index (χ1v) is 9.59. The predicted octanol–water partition coefficient (Wildman–Crippen LogP) is 4.38. The van der Waals surface area contributed by atoms with Crippen LogP contribution >= 0.6 is 11.6 Å². The highest BCUT2D eigenvalue weighted by atomic mass is 35.5. The Bertz CT molecular complexity index is 884. The standard InChI is InChI=1S/C21H20ClF3N2O2/c22-17-8-6-14(7-9-17)11-19(28)26-18(13-27-10-2-5-20(27)29)15-3-1-4-16(12-15)21(23,24)25/h1,3-4,6-9,12,18H,2,5,10-11,13H2,(H,26,28). The monoisotopic (exact) mass is 424 g/mol. The van der Waals surface area contributed by atoms with Gasteiger partial charge in [-0.25, -0.2) is 0 Å². The minimum Gasteiger partial charge on any atom is -0.347 e. The largest absolute Gasteiger partial charge is 0.416 e. The van der Waals surface area contributed by atoms with E-state index < -0.39 is 17.8 Å². The smallest absolute Gasteiger partial charge is 0.347 e. The highest BCUT2D eigenvalue weighted by molar-refractivity contribution is 6.30. The van der Waals surface area contributed by atoms with Crippen LogP contribution in [0, 0.1) is 0 Å². The minimum atomic E-state index is -4.49. The molecule has 0 saturated carbocycles. The number of likely N-dealkylation sites (tertiary alicyclic amines) is 1. The summed E-state index contributed by atoms with van der Waals surface area (Å²) in [7, 11) is 0. The van der Waals surface area contributed by atoms with E-state index in [1.165, 1.54) is 12.1 Å². The normalized spacial score (nSPS) is 15.4. The minimum absolute atomic E-state index is 0.0561. The Labute approximate surface area is 171 Å². The number of carbonyl (C=O) groups excluding carboxylic acids is 2. The van der Waals surface area contributed by atoms with Crippen molar-refractivity contribution in [1.29, 1.82) is 0 Å². The molecule has 1 aliphatic heterocycles. The second kappa shape index (κ2) is 8.86. The molecule has 1 N–H and O–H groups in total. The van der Waals surface area contributed by atoms with Crippen molar-refractivity contribution in [3.8, 4) is 0 Å². The first kappa shape index (κ1) is 21.2. The third kappa shape index (κ3) is 5.73. The Morgan fingerprint density at radius 2 is 1.90 bits per heavy atom. The molecule has 0 radical (unpaired) electrons. The molecule has 1 heterocycles. The van der Waals surface area contributed by atoms with E-state index in [0.717, 1.165) is 17.7 Å². The molecule has 2 aromatic rings. The first-order valence-electron chi connectivity index (χ1n) is 9.21. The number of amides is 2. The lowest BCUT2D eigenvalue weighted by molar-refractivity contribution is -0.137. The lowest BCUT2D eigenvalue weighted by Crippen LogP contribution is -2.39. The van der Waals surface area contributed by atoms with E-state index in [1.54, 1.807) is 29.2 Å². The Morgan fingerprint density at radius 1 is 1.17 bits per heavy atom. The Morgan fingerprint density at radius 3 is 2.52 bits per heavy atom. The van der Waals surface area contributed by atoms with Crippen LogP contribution in [0.15, 0.2) is 48.5 Å². The quantitative estimate of drug-likeness (QED) is 0.748. The third-order valence-electron chi connectivity index (χ3n) is 4.80. The average molecular weight is 425 g/mol. The van der Waals surface area contributed by atoms with Crippen LogP contribution < -0.4 is 5.32 Å². The molecule has 1 unspecified atom stereocenters. The van der Waals surface area contributed by atoms with E-state index in [-0.39, 0.29) is 24.8 Å². The first-order chi connectivity index (χ1) is 13.7. The van der Waals surface area contributed by atoms with Crippen molar-refractivity contribution in [1.82, 2.24) is 10.2 Å². The van der Waals surface area contributed by atoms with Gasteiger partial charge < -0.3 is 10.2 Å². The molecule has 2 amide bonds. The van der Waals surface area contributed by atoms with Crippen molar-refractivity contribution >= 4 is 23.4 Å². The van der Waals surface area contributed by atoms with E-state index in [4.69, 9.17) is 11.6 Å². The van der Waals surface area contributed by atoms with Crippen molar-refractivity contribution in [2.24, 2.45) is 0 Å². The topological polar surface area (TPSA) is 49.4 Å². The van der Waals surface area contributed by atoms with Gasteiger partial charge in [-0.2, -0.15) is 13.2 Å². The Hall–Kier alpha value is -2.54. The van der Waals surface area contributed by atoms with E-state index in [0.29, 0.717) is 30.0 Å². The fourth-order valence-corrected chi connectivity index (χ4v) is 3.44. The van der Waals surface area contributed by atoms with Crippen molar-refractivity contribution < 1.29 is 22.8 Å². The van der Waals surface area contributed by atoms with Crippen LogP contribution in [-0.4, -0.2) is 29.8 Å². The summed E-state index contributed by atoms with van der Waals surface area (Å²) >= 11 is 5.84. The fourth-order valence-electron chi connectivity index (χ4n) is 3.32. The molecule has 0 bridgehead atoms. The third-order valence-corrected chi connectivity index (χ3v) is 5.06. The maximum atomic E-state index is 13.1. The molecule has 2 aromatic carbocycles. The molecule has 1 fully saturated rings. The number of halogens is 4. The molecule has 0 spiro atoms. The van der Waals surface area contributed by atoms with Crippen LogP contribution in [0.25, 0.3) is 0 Å². The van der Waals surface area contributed by atoms with Gasteiger partial charge in [-0.05, 0) is 41.8 Å². The van der Waals surface area contributed by atoms with E-state index in [9.17, 15) is 22.8 Å². The summed E-state index contributed by atoms with van der Waals surface area (Å²) in [6.07, 6.45) is -3.32. The van der Waals surface area contributed by atoms with Gasteiger partial charge in [0, 0.05) is 24.5 Å². The van der Waals surface area contributed by atoms with E-state index in [2.05, 4.69) is 5.32 Å². The number of rotatable bonds is 6. The molecule has 4 nitrogen and oxygen atoms in total. The SMILES string of the molecule is O=C(Cc1ccc(Cl)cc1)NC(CN1CCCC1=O)c1cccc(C(F)(F)F)c1. The zero-order valence-corrected chi connectivity index (χ0v) is 16.3. The lowest BCUT2D eigenvalue weighted by Gasteiger charge is -2.26. The zero-order valence-electron chi connectivity index (χ0n) is 15.5. The highest BCUT2D eigenvalue weighted by Crippen LogP contribution is 2.31. The maximum Gasteiger partial charge on any atom is 0.416 e. The molecule has 154 valence electrons. The van der Waals surface area contributed by atoms with E-state index in [1.807, 2.05) is 0 Å². The predicted molar refractivity (Wildman–Crippen MR) is 103 cm³/mol. The zero-order chi connectivity index (χ0) is 21.0. The number of carbonyl (C=O) groups is 2. The molecule has 1 atom stereocenters. The number of nitrogens with one attached hydrogen (secondary N) is 1. The number of hydrogen-bond acceptors (Lipinski definition) is 2. The summed E-state index contributed by atoms with van der Waals surface area (Å²) in [6, 6.07) is 10.9. The fraction of sp³-hybridized carbons (Fsp3) is 0.333. The van der Waals surface area contributed by atoms with Crippen LogP contribution in [-0.2, 0) is 22.2 Å². The van der Waals surface area contributed by atoms with Crippen molar-refractivity contribution in [2.75, 3.05) is 13.1 Å². The number of nitrogens with zero attached hydrogens (tertiary/aromatic N) is 1. The van der Waals surface area contributed by atoms with Crippen LogP contribution in [0.1, 0.15) is 35.6 Å². The van der Waals surface area contributed by atoms with Gasteiger partial charge in [-0.15, -0.1) is 0 Å². The van der Waals surface area contributed by atoms with Crippen LogP contribution in [0.2, 0.25) is 5.02 Å². The van der Waals surface area contributed by atoms with Gasteiger partial charge in [0.1, 0.15) is 0 Å². The molecule has 1 aliphatic rings. The lowest BCUT2D eigenvalue weighted by atomic mass is 10.0. The second-order valence-electron chi connectivity index (χ2n) is 6.99. The summed E-state index contributed by atoms with van der Waals surface area (Å²) in [5, 5.41) is 3.33. The van der Waals surface area contributed by atoms with Crippen molar-refractivity contribution in [2.45, 2.75) is 31.5 Å². The number of alkyl halides is 3. The van der Waals surface area contributed by atoms with Gasteiger partial charge >= 0.3 is 6.18 Å². The summed E-state index contributed by atoms with van der Waals surface area (Å²) < 4.78 is 39.4. The number of benzene rings is 2. The Kier molecular flexibility index (Phi) is 6.47. The van der Waals surface area contributed by atoms with Gasteiger partial charge in [-0.3, -0.25) is 9.59 Å². The average Bonchev–Trinajstić information content (AvgIpc) is 3.07. The van der Waals surface area contributed by atoms with E-state index >= 15 is 0 Å². The second-order valence-corrected chi connectivity index (χ2v) is 7.43. The summed E-state index contributed by atoms with van der Waals surface area (Å²) in [6.45, 7) is 0.661. The molecule has 8 heteroatoms. The molecule has 1 saturated heterocycles. The highest BCUT2D eigenvalue weighted by Gasteiger charge is 2.32. The van der Waals surface area contributed by atoms with Crippen molar-refractivity contribution in [3.63, 3.8) is 0 Å². The van der Waals surface area contributed by atoms with Crippen LogP contribution in [0.4, 0.5) is 13.2 Å². The van der Waals surface area contributed by atoms with Gasteiger partial charge in [0.15, 0.2) is 0 Å². The van der Waals surface area contributed by atoms with Gasteiger partial charge in [-0.1, -0.05) is 35.9 Å². The van der Waals surface area contributed by atoms with Crippen molar-refractivity contribution in [3.05, 3.63) is 70.2 Å². The molecule has 0 aromatic heterocycles. The van der Waals surface area contributed by atoms with Crippen LogP contribution in [0.5, 0.6) is 0 Å². The maximum absolute atomic E-state index is 13.1. The van der Waals surface area contributed by atoms with Gasteiger partial charge in [0.25, 0.3) is 0 Å². The van der Waals surface area contributed by atoms with Gasteiger partial charge in [0.2, 0.25) is 11.8 Å². The molecule has 3 rings (SSSR count). The van der Waals surface area contributed by atoms with Crippen LogP contribution in [0.3, 0.4) is 0 Å².